The van der Waals surface area contributed by atoms with Gasteiger partial charge < -0.3 is 15.5 Å². The first-order chi connectivity index (χ1) is 19.1. The number of urea groups is 1. The van der Waals surface area contributed by atoms with Crippen molar-refractivity contribution in [3.8, 4) is 0 Å². The Bertz CT molecular complexity index is 1230. The molecule has 1 saturated heterocycles. The Kier molecular flexibility index (Phi) is 11.8. The molecule has 4 N–H and O–H groups in total. The second kappa shape index (κ2) is 15.1. The average molecular weight is 577 g/mol. The van der Waals surface area contributed by atoms with Gasteiger partial charge in [0.05, 0.1) is 16.9 Å². The lowest BCUT2D eigenvalue weighted by atomic mass is 10.0. The zero-order valence-electron chi connectivity index (χ0n) is 23.1. The van der Waals surface area contributed by atoms with Crippen LogP contribution in [0.15, 0.2) is 42.6 Å². The molecule has 0 spiro atoms. The van der Waals surface area contributed by atoms with E-state index in [1.807, 2.05) is 6.07 Å². The standard InChI is InChI=1S/C27H38N6O2.H2O4S/c1-3-16-31(17-4-2)20-21-10-7-8-18-32(21)19-15-29-27(35)33-24-13-6-5-11-22(24)26(34)30-23-12-9-14-28-25(23)33;1-5(2,3)4/h5-6,9,11-14,21H,3-4,7-8,10,15-20H2,1-2H3,(H,29,35)(H,30,34);(H2,1,2,3,4). The lowest BCUT2D eigenvalue weighted by Gasteiger charge is -2.39. The van der Waals surface area contributed by atoms with Crippen LogP contribution in [0.2, 0.25) is 0 Å². The molecule has 0 saturated carbocycles. The molecule has 1 aromatic heterocycles. The number of carbonyl (C=O) groups excluding carboxylic acids is 2. The summed E-state index contributed by atoms with van der Waals surface area (Å²) in [4.78, 5) is 37.3. The van der Waals surface area contributed by atoms with E-state index in [2.05, 4.69) is 39.3 Å². The molecule has 1 aromatic carbocycles. The van der Waals surface area contributed by atoms with E-state index in [0.29, 0.717) is 35.3 Å². The van der Waals surface area contributed by atoms with Crippen LogP contribution in [-0.4, -0.2) is 89.6 Å². The molecule has 2 aliphatic heterocycles. The van der Waals surface area contributed by atoms with E-state index < -0.39 is 10.4 Å². The molecule has 40 heavy (non-hydrogen) atoms. The monoisotopic (exact) mass is 576 g/mol. The van der Waals surface area contributed by atoms with Crippen molar-refractivity contribution in [2.45, 2.75) is 52.0 Å². The van der Waals surface area contributed by atoms with Crippen LogP contribution in [0.4, 0.5) is 22.0 Å². The van der Waals surface area contributed by atoms with Gasteiger partial charge in [-0.05, 0) is 69.6 Å². The van der Waals surface area contributed by atoms with Gasteiger partial charge in [-0.25, -0.2) is 14.7 Å². The number of fused-ring (bicyclic) bond motifs is 2. The number of carbonyl (C=O) groups is 2. The number of pyridine rings is 1. The maximum Gasteiger partial charge on any atom is 0.394 e. The predicted molar refractivity (Wildman–Crippen MR) is 155 cm³/mol. The van der Waals surface area contributed by atoms with Crippen LogP contribution in [0, 0.1) is 0 Å². The highest BCUT2D eigenvalue weighted by atomic mass is 32.3. The van der Waals surface area contributed by atoms with Crippen LogP contribution in [0.1, 0.15) is 56.3 Å². The van der Waals surface area contributed by atoms with Gasteiger partial charge >= 0.3 is 16.4 Å². The number of hydrogen-bond acceptors (Lipinski definition) is 7. The molecule has 0 bridgehead atoms. The van der Waals surface area contributed by atoms with E-state index in [1.165, 1.54) is 37.0 Å². The Morgan fingerprint density at radius 3 is 2.52 bits per heavy atom. The highest BCUT2D eigenvalue weighted by Gasteiger charge is 2.30. The molecule has 2 aromatic rings. The Hall–Kier alpha value is -3.10. The molecule has 0 radical (unpaired) electrons. The number of hydrogen-bond donors (Lipinski definition) is 4. The summed E-state index contributed by atoms with van der Waals surface area (Å²) in [5, 5.41) is 5.98. The highest BCUT2D eigenvalue weighted by molar-refractivity contribution is 7.79. The SMILES string of the molecule is CCCN(CCC)CC1CCCCN1CCNC(=O)N1c2ccccc2C(=O)Nc2cccnc21.O=S(=O)(O)O. The molecule has 12 nitrogen and oxygen atoms in total. The van der Waals surface area contributed by atoms with Crippen LogP contribution >= 0.6 is 0 Å². The second-order valence-corrected chi connectivity index (χ2v) is 10.7. The first-order valence-corrected chi connectivity index (χ1v) is 15.1. The lowest BCUT2D eigenvalue weighted by molar-refractivity contribution is 0.102. The summed E-state index contributed by atoms with van der Waals surface area (Å²) in [6.07, 6.45) is 7.67. The number of piperidine rings is 1. The van der Waals surface area contributed by atoms with Gasteiger partial charge in [0.25, 0.3) is 5.91 Å². The minimum Gasteiger partial charge on any atom is -0.336 e. The van der Waals surface area contributed by atoms with Crippen molar-refractivity contribution in [1.82, 2.24) is 20.1 Å². The topological polar surface area (TPSA) is 155 Å². The molecule has 3 heterocycles. The average Bonchev–Trinajstić information content (AvgIpc) is 3.03. The molecule has 0 aliphatic carbocycles. The molecule has 1 unspecified atom stereocenters. The third-order valence-corrected chi connectivity index (χ3v) is 6.81. The van der Waals surface area contributed by atoms with E-state index in [4.69, 9.17) is 17.5 Å². The Morgan fingerprint density at radius 2 is 1.82 bits per heavy atom. The van der Waals surface area contributed by atoms with Gasteiger partial charge in [0.15, 0.2) is 5.82 Å². The van der Waals surface area contributed by atoms with Crippen molar-refractivity contribution in [2.24, 2.45) is 0 Å². The lowest BCUT2D eigenvalue weighted by Crippen LogP contribution is -2.50. The van der Waals surface area contributed by atoms with Gasteiger partial charge in [-0.1, -0.05) is 32.4 Å². The highest BCUT2D eigenvalue weighted by Crippen LogP contribution is 2.36. The van der Waals surface area contributed by atoms with Crippen molar-refractivity contribution in [2.75, 3.05) is 49.5 Å². The van der Waals surface area contributed by atoms with Gasteiger partial charge in [-0.3, -0.25) is 18.8 Å². The minimum absolute atomic E-state index is 0.245. The fourth-order valence-corrected chi connectivity index (χ4v) is 5.21. The summed E-state index contributed by atoms with van der Waals surface area (Å²) in [6, 6.07) is 10.9. The number of rotatable bonds is 9. The zero-order valence-corrected chi connectivity index (χ0v) is 23.9. The number of likely N-dealkylation sites (tertiary alicyclic amines) is 1. The number of para-hydroxylation sites is 1. The van der Waals surface area contributed by atoms with Crippen molar-refractivity contribution in [3.05, 3.63) is 48.2 Å². The number of nitrogens with zero attached hydrogens (tertiary/aromatic N) is 4. The molecular formula is C27H40N6O6S. The van der Waals surface area contributed by atoms with Gasteiger partial charge in [0, 0.05) is 31.9 Å². The summed E-state index contributed by atoms with van der Waals surface area (Å²) >= 11 is 0. The van der Waals surface area contributed by atoms with Crippen LogP contribution in [0.5, 0.6) is 0 Å². The molecule has 2 aliphatic rings. The predicted octanol–water partition coefficient (Wildman–Crippen LogP) is 3.82. The third kappa shape index (κ3) is 9.24. The fourth-order valence-electron chi connectivity index (χ4n) is 5.21. The molecule has 4 rings (SSSR count). The van der Waals surface area contributed by atoms with Gasteiger partial charge in [-0.2, -0.15) is 8.42 Å². The number of amides is 3. The third-order valence-electron chi connectivity index (χ3n) is 6.81. The normalized spacial score (nSPS) is 17.2. The first-order valence-electron chi connectivity index (χ1n) is 13.7. The largest absolute Gasteiger partial charge is 0.394 e. The van der Waals surface area contributed by atoms with Crippen molar-refractivity contribution in [1.29, 1.82) is 0 Å². The quantitative estimate of drug-likeness (QED) is 0.326. The summed E-state index contributed by atoms with van der Waals surface area (Å²) in [5.74, 6) is 0.180. The maximum atomic E-state index is 13.5. The first kappa shape index (κ1) is 31.4. The Labute approximate surface area is 236 Å². The second-order valence-electron chi connectivity index (χ2n) is 9.85. The van der Waals surface area contributed by atoms with Crippen molar-refractivity contribution in [3.63, 3.8) is 0 Å². The van der Waals surface area contributed by atoms with Crippen LogP contribution in [-0.2, 0) is 10.4 Å². The van der Waals surface area contributed by atoms with Crippen molar-refractivity contribution < 1.29 is 27.1 Å². The molecule has 1 atom stereocenters. The minimum atomic E-state index is -4.67. The zero-order chi connectivity index (χ0) is 29.1. The van der Waals surface area contributed by atoms with Gasteiger partial charge in [0.1, 0.15) is 0 Å². The smallest absolute Gasteiger partial charge is 0.336 e. The maximum absolute atomic E-state index is 13.5. The molecule has 220 valence electrons. The number of aromatic nitrogens is 1. The van der Waals surface area contributed by atoms with Crippen LogP contribution in [0.25, 0.3) is 0 Å². The van der Waals surface area contributed by atoms with Crippen LogP contribution in [0.3, 0.4) is 0 Å². The van der Waals surface area contributed by atoms with E-state index >= 15 is 0 Å². The molecule has 1 fully saturated rings. The Balaban J connectivity index is 0.000000810. The summed E-state index contributed by atoms with van der Waals surface area (Å²) < 4.78 is 31.6. The van der Waals surface area contributed by atoms with Gasteiger partial charge in [-0.15, -0.1) is 0 Å². The number of anilines is 3. The van der Waals surface area contributed by atoms with E-state index in [-0.39, 0.29) is 11.9 Å². The number of nitrogens with one attached hydrogen (secondary N) is 2. The van der Waals surface area contributed by atoms with E-state index in [9.17, 15) is 9.59 Å². The number of benzene rings is 1. The Morgan fingerprint density at radius 1 is 1.12 bits per heavy atom. The molecular weight excluding hydrogens is 536 g/mol. The molecule has 13 heteroatoms. The summed E-state index contributed by atoms with van der Waals surface area (Å²) in [7, 11) is -4.67. The van der Waals surface area contributed by atoms with Gasteiger partial charge in [0.2, 0.25) is 0 Å². The van der Waals surface area contributed by atoms with E-state index in [1.54, 1.807) is 36.5 Å². The summed E-state index contributed by atoms with van der Waals surface area (Å²) in [6.45, 7) is 10.3. The van der Waals surface area contributed by atoms with Crippen LogP contribution < -0.4 is 15.5 Å². The summed E-state index contributed by atoms with van der Waals surface area (Å²) in [5.41, 5.74) is 1.50. The van der Waals surface area contributed by atoms with E-state index in [0.717, 1.165) is 32.7 Å². The molecule has 3 amide bonds. The van der Waals surface area contributed by atoms with Crippen molar-refractivity contribution >= 4 is 39.5 Å². The fraction of sp³-hybridized carbons (Fsp3) is 0.519.